The number of aliphatic hydroxyl groups is 1. The third-order valence-electron chi connectivity index (χ3n) is 7.91. The zero-order valence-electron chi connectivity index (χ0n) is 15.7. The highest BCUT2D eigenvalue weighted by molar-refractivity contribution is 5.69. The van der Waals surface area contributed by atoms with Crippen molar-refractivity contribution < 1.29 is 20.1 Å². The molecule has 0 saturated heterocycles. The summed E-state index contributed by atoms with van der Waals surface area (Å²) in [5.74, 6) is 0.828. The smallest absolute Gasteiger partial charge is 0.306 e. The standard InChI is InChI=1S/C22H30O4/c1-12(21(25)26)9-14-10-13-11-15(23)3-4-16(13)17-7-8-22(2)18(20(14)17)5-6-19(22)24/h3-4,11-12,14,17-20,23-24H,5-10H2,1-2H3,(H,25,26). The number of benzene rings is 1. The Morgan fingerprint density at radius 3 is 2.81 bits per heavy atom. The van der Waals surface area contributed by atoms with Crippen LogP contribution in [0, 0.1) is 29.1 Å². The predicted molar refractivity (Wildman–Crippen MR) is 99.0 cm³/mol. The van der Waals surface area contributed by atoms with Gasteiger partial charge in [0.1, 0.15) is 5.75 Å². The van der Waals surface area contributed by atoms with Gasteiger partial charge in [0.05, 0.1) is 12.0 Å². The maximum atomic E-state index is 11.5. The molecular weight excluding hydrogens is 328 g/mol. The Bertz CT molecular complexity index is 714. The van der Waals surface area contributed by atoms with Crippen molar-refractivity contribution in [3.63, 3.8) is 0 Å². The van der Waals surface area contributed by atoms with Crippen molar-refractivity contribution in [2.24, 2.45) is 29.1 Å². The molecule has 3 N–H and O–H groups in total. The number of aromatic hydroxyl groups is 1. The average Bonchev–Trinajstić information content (AvgIpc) is 2.89. The molecule has 142 valence electrons. The molecule has 1 aromatic rings. The molecule has 0 heterocycles. The number of hydrogen-bond donors (Lipinski definition) is 3. The molecule has 0 amide bonds. The van der Waals surface area contributed by atoms with Crippen LogP contribution in [0.2, 0.25) is 0 Å². The Morgan fingerprint density at radius 2 is 2.08 bits per heavy atom. The van der Waals surface area contributed by atoms with Gasteiger partial charge in [0.15, 0.2) is 0 Å². The lowest BCUT2D eigenvalue weighted by atomic mass is 9.52. The maximum Gasteiger partial charge on any atom is 0.306 e. The SMILES string of the molecule is CC(CC1Cc2cc(O)ccc2C2CCC3(C)C(O)CCC3C12)C(=O)O. The number of hydrogen-bond acceptors (Lipinski definition) is 3. The molecule has 0 spiro atoms. The number of phenolic OH excluding ortho intramolecular Hbond substituents is 1. The minimum Gasteiger partial charge on any atom is -0.508 e. The van der Waals surface area contributed by atoms with Gasteiger partial charge in [-0.3, -0.25) is 4.79 Å². The van der Waals surface area contributed by atoms with Crippen LogP contribution in [0.1, 0.15) is 63.0 Å². The second-order valence-electron chi connectivity index (χ2n) is 9.25. The number of carbonyl (C=O) groups is 1. The van der Waals surface area contributed by atoms with Crippen molar-refractivity contribution in [3.8, 4) is 5.75 Å². The molecule has 7 atom stereocenters. The van der Waals surface area contributed by atoms with Crippen LogP contribution in [-0.4, -0.2) is 27.4 Å². The molecule has 0 aromatic heterocycles. The van der Waals surface area contributed by atoms with E-state index in [9.17, 15) is 20.1 Å². The largest absolute Gasteiger partial charge is 0.508 e. The molecule has 0 radical (unpaired) electrons. The monoisotopic (exact) mass is 358 g/mol. The number of fused-ring (bicyclic) bond motifs is 5. The van der Waals surface area contributed by atoms with Gasteiger partial charge in [-0.25, -0.2) is 0 Å². The van der Waals surface area contributed by atoms with E-state index in [2.05, 4.69) is 13.0 Å². The van der Waals surface area contributed by atoms with Crippen LogP contribution in [0.5, 0.6) is 5.75 Å². The maximum absolute atomic E-state index is 11.5. The van der Waals surface area contributed by atoms with Crippen molar-refractivity contribution in [2.45, 2.75) is 64.4 Å². The molecule has 3 aliphatic rings. The molecule has 4 nitrogen and oxygen atoms in total. The lowest BCUT2D eigenvalue weighted by Gasteiger charge is -2.53. The predicted octanol–water partition coefficient (Wildman–Crippen LogP) is 3.95. The molecule has 3 aliphatic carbocycles. The molecule has 1 aromatic carbocycles. The van der Waals surface area contributed by atoms with Gasteiger partial charge in [-0.2, -0.15) is 0 Å². The van der Waals surface area contributed by atoms with Crippen molar-refractivity contribution in [1.82, 2.24) is 0 Å². The third-order valence-corrected chi connectivity index (χ3v) is 7.91. The lowest BCUT2D eigenvalue weighted by molar-refractivity contribution is -0.142. The Morgan fingerprint density at radius 1 is 1.31 bits per heavy atom. The quantitative estimate of drug-likeness (QED) is 0.765. The highest BCUT2D eigenvalue weighted by atomic mass is 16.4. The summed E-state index contributed by atoms with van der Waals surface area (Å²) in [7, 11) is 0. The summed E-state index contributed by atoms with van der Waals surface area (Å²) in [6, 6.07) is 5.74. The first-order valence-corrected chi connectivity index (χ1v) is 10.0. The lowest BCUT2D eigenvalue weighted by Crippen LogP contribution is -2.47. The number of aliphatic hydroxyl groups excluding tert-OH is 1. The van der Waals surface area contributed by atoms with Crippen LogP contribution in [0.4, 0.5) is 0 Å². The van der Waals surface area contributed by atoms with Gasteiger partial charge in [-0.15, -0.1) is 0 Å². The summed E-state index contributed by atoms with van der Waals surface area (Å²) in [5.41, 5.74) is 2.51. The van der Waals surface area contributed by atoms with Gasteiger partial charge in [0.25, 0.3) is 0 Å². The Kier molecular flexibility index (Phi) is 4.30. The molecular formula is C22H30O4. The summed E-state index contributed by atoms with van der Waals surface area (Å²) in [6.45, 7) is 4.05. The minimum atomic E-state index is -0.728. The van der Waals surface area contributed by atoms with E-state index >= 15 is 0 Å². The second kappa shape index (κ2) is 6.26. The van der Waals surface area contributed by atoms with Crippen molar-refractivity contribution in [1.29, 1.82) is 0 Å². The molecule has 4 heteroatoms. The van der Waals surface area contributed by atoms with E-state index in [1.165, 1.54) is 11.1 Å². The normalized spacial score (nSPS) is 39.6. The van der Waals surface area contributed by atoms with Gasteiger partial charge < -0.3 is 15.3 Å². The van der Waals surface area contributed by atoms with Crippen molar-refractivity contribution in [2.75, 3.05) is 0 Å². The molecule has 0 aliphatic heterocycles. The van der Waals surface area contributed by atoms with E-state index in [-0.39, 0.29) is 17.4 Å². The van der Waals surface area contributed by atoms with Crippen LogP contribution in [0.15, 0.2) is 18.2 Å². The molecule has 2 fully saturated rings. The van der Waals surface area contributed by atoms with Crippen molar-refractivity contribution >= 4 is 5.97 Å². The number of aliphatic carboxylic acids is 1. The van der Waals surface area contributed by atoms with E-state index in [4.69, 9.17) is 0 Å². The van der Waals surface area contributed by atoms with Crippen LogP contribution < -0.4 is 0 Å². The molecule has 7 unspecified atom stereocenters. The molecule has 0 bridgehead atoms. The highest BCUT2D eigenvalue weighted by Crippen LogP contribution is 2.62. The fraction of sp³-hybridized carbons (Fsp3) is 0.682. The summed E-state index contributed by atoms with van der Waals surface area (Å²) < 4.78 is 0. The van der Waals surface area contributed by atoms with Crippen LogP contribution in [0.25, 0.3) is 0 Å². The van der Waals surface area contributed by atoms with Gasteiger partial charge in [0, 0.05) is 0 Å². The van der Waals surface area contributed by atoms with Gasteiger partial charge in [0.2, 0.25) is 0 Å². The second-order valence-corrected chi connectivity index (χ2v) is 9.25. The number of phenols is 1. The molecule has 4 rings (SSSR count). The fourth-order valence-electron chi connectivity index (χ4n) is 6.53. The number of rotatable bonds is 3. The Labute approximate surface area is 155 Å². The van der Waals surface area contributed by atoms with Crippen LogP contribution >= 0.6 is 0 Å². The van der Waals surface area contributed by atoms with E-state index in [1.807, 2.05) is 6.07 Å². The first kappa shape index (κ1) is 17.8. The summed E-state index contributed by atoms with van der Waals surface area (Å²) in [6.07, 6.45) is 5.27. The van der Waals surface area contributed by atoms with Crippen LogP contribution in [-0.2, 0) is 11.2 Å². The van der Waals surface area contributed by atoms with E-state index in [1.54, 1.807) is 13.0 Å². The number of carboxylic acids is 1. The topological polar surface area (TPSA) is 77.8 Å². The zero-order valence-corrected chi connectivity index (χ0v) is 15.7. The zero-order chi connectivity index (χ0) is 18.6. The first-order chi connectivity index (χ1) is 12.3. The number of carboxylic acid groups (broad SMARTS) is 1. The summed E-state index contributed by atoms with van der Waals surface area (Å²) in [4.78, 5) is 11.5. The van der Waals surface area contributed by atoms with Gasteiger partial charge >= 0.3 is 5.97 Å². The minimum absolute atomic E-state index is 0.0275. The average molecular weight is 358 g/mol. The van der Waals surface area contributed by atoms with Gasteiger partial charge in [-0.05, 0) is 90.9 Å². The van der Waals surface area contributed by atoms with Gasteiger partial charge in [-0.1, -0.05) is 19.9 Å². The van der Waals surface area contributed by atoms with E-state index in [0.29, 0.717) is 35.8 Å². The summed E-state index contributed by atoms with van der Waals surface area (Å²) >= 11 is 0. The van der Waals surface area contributed by atoms with E-state index in [0.717, 1.165) is 32.1 Å². The van der Waals surface area contributed by atoms with E-state index < -0.39 is 5.97 Å². The van der Waals surface area contributed by atoms with Crippen LogP contribution in [0.3, 0.4) is 0 Å². The Hall–Kier alpha value is -1.55. The molecule has 26 heavy (non-hydrogen) atoms. The molecule has 2 saturated carbocycles. The first-order valence-electron chi connectivity index (χ1n) is 10.0. The van der Waals surface area contributed by atoms with Crippen molar-refractivity contribution in [3.05, 3.63) is 29.3 Å². The highest BCUT2D eigenvalue weighted by Gasteiger charge is 2.56. The third kappa shape index (κ3) is 2.65. The summed E-state index contributed by atoms with van der Waals surface area (Å²) in [5, 5.41) is 30.0. The fourth-order valence-corrected chi connectivity index (χ4v) is 6.53. The Balaban J connectivity index is 1.74.